The van der Waals surface area contributed by atoms with Crippen molar-refractivity contribution in [3.05, 3.63) is 33.7 Å². The van der Waals surface area contributed by atoms with Crippen LogP contribution in [0.1, 0.15) is 20.3 Å². The van der Waals surface area contributed by atoms with Gasteiger partial charge >= 0.3 is 0 Å². The van der Waals surface area contributed by atoms with Gasteiger partial charge in [-0.25, -0.2) is 4.68 Å². The Morgan fingerprint density at radius 3 is 2.95 bits per heavy atom. The highest BCUT2D eigenvalue weighted by molar-refractivity contribution is 9.10. The van der Waals surface area contributed by atoms with Crippen LogP contribution in [0.3, 0.4) is 0 Å². The Bertz CT molecular complexity index is 553. The van der Waals surface area contributed by atoms with E-state index in [4.69, 9.17) is 0 Å². The second-order valence-electron chi connectivity index (χ2n) is 5.42. The lowest BCUT2D eigenvalue weighted by Crippen LogP contribution is -2.57. The van der Waals surface area contributed by atoms with Gasteiger partial charge in [-0.1, -0.05) is 19.9 Å². The van der Waals surface area contributed by atoms with E-state index in [1.807, 2.05) is 13.8 Å². The molecule has 1 saturated carbocycles. The number of aliphatic hydroxyl groups excluding tert-OH is 1. The predicted molar refractivity (Wildman–Crippen MR) is 78.2 cm³/mol. The lowest BCUT2D eigenvalue weighted by molar-refractivity contribution is -0.0510. The molecule has 19 heavy (non-hydrogen) atoms. The minimum atomic E-state index is -0.308. The molecule has 0 aliphatic heterocycles. The molecule has 2 rings (SSSR count). The smallest absolute Gasteiger partial charge is 0.283 e. The number of rotatable bonds is 4. The fraction of sp³-hybridized carbons (Fsp3) is 0.538. The number of hydrogen-bond acceptors (Lipinski definition) is 4. The van der Waals surface area contributed by atoms with Gasteiger partial charge in [-0.2, -0.15) is 5.10 Å². The third-order valence-electron chi connectivity index (χ3n) is 3.83. The average molecular weight is 328 g/mol. The van der Waals surface area contributed by atoms with Gasteiger partial charge in [0.1, 0.15) is 4.47 Å². The zero-order valence-corrected chi connectivity index (χ0v) is 12.6. The zero-order chi connectivity index (χ0) is 14.2. The van der Waals surface area contributed by atoms with E-state index >= 15 is 0 Å². The molecule has 104 valence electrons. The molecule has 0 spiro atoms. The highest BCUT2D eigenvalue weighted by Gasteiger charge is 2.47. The highest BCUT2D eigenvalue weighted by Crippen LogP contribution is 2.42. The lowest BCUT2D eigenvalue weighted by Gasteiger charge is -2.49. The largest absolute Gasteiger partial charge is 0.392 e. The molecule has 0 bridgehead atoms. The van der Waals surface area contributed by atoms with Crippen LogP contribution >= 0.6 is 15.9 Å². The number of nitrogens with one attached hydrogen (secondary N) is 1. The Kier molecular flexibility index (Phi) is 3.82. The van der Waals surface area contributed by atoms with Crippen LogP contribution in [0.2, 0.25) is 0 Å². The first kappa shape index (κ1) is 14.3. The summed E-state index contributed by atoms with van der Waals surface area (Å²) in [4.78, 5) is 12.0. The Hall–Kier alpha value is -1.14. The molecule has 1 aromatic rings. The third kappa shape index (κ3) is 2.47. The van der Waals surface area contributed by atoms with Gasteiger partial charge in [-0.3, -0.25) is 4.79 Å². The van der Waals surface area contributed by atoms with E-state index in [1.54, 1.807) is 12.3 Å². The number of hydrogen-bond donors (Lipinski definition) is 2. The van der Waals surface area contributed by atoms with E-state index in [1.165, 1.54) is 4.68 Å². The minimum Gasteiger partial charge on any atom is -0.392 e. The molecule has 0 radical (unpaired) electrons. The summed E-state index contributed by atoms with van der Waals surface area (Å²) < 4.78 is 1.80. The van der Waals surface area contributed by atoms with Crippen LogP contribution in [-0.2, 0) is 6.54 Å². The molecule has 2 atom stereocenters. The normalized spacial score (nSPS) is 24.6. The fourth-order valence-corrected chi connectivity index (χ4v) is 2.57. The van der Waals surface area contributed by atoms with E-state index in [0.29, 0.717) is 23.1 Å². The summed E-state index contributed by atoms with van der Waals surface area (Å²) in [6, 6.07) is 0.134. The van der Waals surface area contributed by atoms with Crippen LogP contribution < -0.4 is 10.9 Å². The van der Waals surface area contributed by atoms with E-state index < -0.39 is 0 Å². The van der Waals surface area contributed by atoms with Crippen molar-refractivity contribution in [3.8, 4) is 0 Å². The standard InChI is InChI=1S/C13H18BrN3O2/c1-4-5-17-12(19)11(14)8(7-15-17)16-9-6-10(18)13(9,2)3/h4,7,9-10,16,18H,1,5-6H2,2-3H3. The monoisotopic (exact) mass is 327 g/mol. The summed E-state index contributed by atoms with van der Waals surface area (Å²) in [6.45, 7) is 7.97. The summed E-state index contributed by atoms with van der Waals surface area (Å²) in [5, 5.41) is 17.1. The molecule has 1 heterocycles. The lowest BCUT2D eigenvalue weighted by atomic mass is 9.64. The Morgan fingerprint density at radius 1 is 1.74 bits per heavy atom. The van der Waals surface area contributed by atoms with Gasteiger partial charge in [-0.15, -0.1) is 6.58 Å². The third-order valence-corrected chi connectivity index (χ3v) is 4.60. The summed E-state index contributed by atoms with van der Waals surface area (Å²) in [7, 11) is 0. The van der Waals surface area contributed by atoms with Crippen LogP contribution in [0.5, 0.6) is 0 Å². The van der Waals surface area contributed by atoms with Crippen molar-refractivity contribution in [3.63, 3.8) is 0 Å². The zero-order valence-electron chi connectivity index (χ0n) is 11.1. The number of allylic oxidation sites excluding steroid dienone is 1. The van der Waals surface area contributed by atoms with Gasteiger partial charge < -0.3 is 10.4 Å². The van der Waals surface area contributed by atoms with Crippen molar-refractivity contribution >= 4 is 21.6 Å². The molecule has 5 nitrogen and oxygen atoms in total. The van der Waals surface area contributed by atoms with E-state index in [-0.39, 0.29) is 23.1 Å². The number of nitrogens with zero attached hydrogens (tertiary/aromatic N) is 2. The predicted octanol–water partition coefficient (Wildman–Crippen LogP) is 1.76. The van der Waals surface area contributed by atoms with Crippen molar-refractivity contribution in [2.75, 3.05) is 5.32 Å². The SMILES string of the molecule is C=CCn1ncc(NC2CC(O)C2(C)C)c(Br)c1=O. The molecule has 1 aliphatic rings. The van der Waals surface area contributed by atoms with Crippen LogP contribution in [0.15, 0.2) is 28.1 Å². The van der Waals surface area contributed by atoms with Crippen LogP contribution in [0, 0.1) is 5.41 Å². The second kappa shape index (κ2) is 5.09. The quantitative estimate of drug-likeness (QED) is 0.827. The first-order valence-corrected chi connectivity index (χ1v) is 6.98. The average Bonchev–Trinajstić information content (AvgIpc) is 2.37. The summed E-state index contributed by atoms with van der Waals surface area (Å²) in [6.07, 6.45) is 3.61. The molecule has 6 heteroatoms. The van der Waals surface area contributed by atoms with Gasteiger partial charge in [0.25, 0.3) is 5.56 Å². The summed E-state index contributed by atoms with van der Waals surface area (Å²) in [5.41, 5.74) is 0.271. The number of aromatic nitrogens is 2. The van der Waals surface area contributed by atoms with Crippen LogP contribution in [0.25, 0.3) is 0 Å². The number of aliphatic hydroxyl groups is 1. The Labute approximate surface area is 120 Å². The van der Waals surface area contributed by atoms with Crippen molar-refractivity contribution in [2.24, 2.45) is 5.41 Å². The molecule has 2 unspecified atom stereocenters. The molecule has 2 N–H and O–H groups in total. The van der Waals surface area contributed by atoms with E-state index in [0.717, 1.165) is 0 Å². The maximum absolute atomic E-state index is 12.0. The fourth-order valence-electron chi connectivity index (χ4n) is 2.15. The van der Waals surface area contributed by atoms with Gasteiger partial charge in [0, 0.05) is 11.5 Å². The first-order chi connectivity index (χ1) is 8.87. The number of halogens is 1. The Balaban J connectivity index is 2.21. The summed E-state index contributed by atoms with van der Waals surface area (Å²) >= 11 is 3.30. The van der Waals surface area contributed by atoms with Gasteiger partial charge in [0.05, 0.1) is 24.5 Å². The Morgan fingerprint density at radius 2 is 2.42 bits per heavy atom. The van der Waals surface area contributed by atoms with Crippen molar-refractivity contribution < 1.29 is 5.11 Å². The second-order valence-corrected chi connectivity index (χ2v) is 6.21. The van der Waals surface area contributed by atoms with Gasteiger partial charge in [0.15, 0.2) is 0 Å². The number of anilines is 1. The highest BCUT2D eigenvalue weighted by atomic mass is 79.9. The van der Waals surface area contributed by atoms with Gasteiger partial charge in [0.2, 0.25) is 0 Å². The summed E-state index contributed by atoms with van der Waals surface area (Å²) in [5.74, 6) is 0. The van der Waals surface area contributed by atoms with Crippen molar-refractivity contribution in [2.45, 2.75) is 39.0 Å². The molecule has 0 saturated heterocycles. The molecular weight excluding hydrogens is 310 g/mol. The van der Waals surface area contributed by atoms with Crippen molar-refractivity contribution in [1.29, 1.82) is 0 Å². The molecule has 0 aromatic carbocycles. The topological polar surface area (TPSA) is 67.2 Å². The molecule has 1 aliphatic carbocycles. The van der Waals surface area contributed by atoms with E-state index in [9.17, 15) is 9.90 Å². The minimum absolute atomic E-state index is 0.134. The molecule has 1 fully saturated rings. The molecule has 0 amide bonds. The van der Waals surface area contributed by atoms with Crippen LogP contribution in [0.4, 0.5) is 5.69 Å². The van der Waals surface area contributed by atoms with E-state index in [2.05, 4.69) is 32.9 Å². The maximum atomic E-state index is 12.0. The van der Waals surface area contributed by atoms with Crippen LogP contribution in [-0.4, -0.2) is 27.0 Å². The molecular formula is C13H18BrN3O2. The maximum Gasteiger partial charge on any atom is 0.283 e. The first-order valence-electron chi connectivity index (χ1n) is 6.19. The molecule has 1 aromatic heterocycles. The van der Waals surface area contributed by atoms with Gasteiger partial charge in [-0.05, 0) is 22.4 Å². The van der Waals surface area contributed by atoms with Crippen molar-refractivity contribution in [1.82, 2.24) is 9.78 Å².